The standard InChI is InChI=1S/C28H30N2O5/c1-4-9-24(25(31)30-15-14-28(17-30,18(2)3)26(32)33)29-27(34)35-16-23-21-12-7-5-10-19(21)20-11-6-8-13-22(20)23/h1,5-8,10-13,18,23-24H,9,14-17H2,2-3H3,(H,29,34)(H,32,33). The van der Waals surface area contributed by atoms with Crippen LogP contribution in [0, 0.1) is 23.7 Å². The summed E-state index contributed by atoms with van der Waals surface area (Å²) in [4.78, 5) is 39.3. The van der Waals surface area contributed by atoms with Gasteiger partial charge in [-0.2, -0.15) is 0 Å². The summed E-state index contributed by atoms with van der Waals surface area (Å²) < 4.78 is 5.56. The Morgan fingerprint density at radius 2 is 1.74 bits per heavy atom. The fourth-order valence-electron chi connectivity index (χ4n) is 5.23. The molecule has 1 saturated heterocycles. The maximum absolute atomic E-state index is 13.2. The second kappa shape index (κ2) is 9.83. The van der Waals surface area contributed by atoms with Gasteiger partial charge in [0.15, 0.2) is 0 Å². The van der Waals surface area contributed by atoms with E-state index in [1.807, 2.05) is 50.2 Å². The van der Waals surface area contributed by atoms with Gasteiger partial charge in [0.25, 0.3) is 0 Å². The Hall–Kier alpha value is -3.79. The number of benzene rings is 2. The first kappa shape index (κ1) is 24.3. The number of nitrogens with zero attached hydrogens (tertiary/aromatic N) is 1. The molecule has 0 bridgehead atoms. The SMILES string of the molecule is C#CCC(NC(=O)OCC1c2ccccc2-c2ccccc21)C(=O)N1CCC(C(=O)O)(C(C)C)C1. The molecule has 0 aromatic heterocycles. The quantitative estimate of drug-likeness (QED) is 0.594. The van der Waals surface area contributed by atoms with E-state index in [9.17, 15) is 19.5 Å². The summed E-state index contributed by atoms with van der Waals surface area (Å²) in [6, 6.07) is 15.1. The van der Waals surface area contributed by atoms with E-state index in [4.69, 9.17) is 11.2 Å². The Labute approximate surface area is 205 Å². The van der Waals surface area contributed by atoms with Crippen molar-refractivity contribution in [3.05, 3.63) is 59.7 Å². The van der Waals surface area contributed by atoms with Crippen LogP contribution in [0.5, 0.6) is 0 Å². The lowest BCUT2D eigenvalue weighted by Gasteiger charge is -2.29. The molecule has 2 aromatic rings. The third kappa shape index (κ3) is 4.49. The molecule has 35 heavy (non-hydrogen) atoms. The van der Waals surface area contributed by atoms with E-state index in [1.54, 1.807) is 0 Å². The molecule has 7 heteroatoms. The van der Waals surface area contributed by atoms with E-state index in [-0.39, 0.29) is 37.3 Å². The number of terminal acetylenes is 1. The zero-order chi connectivity index (χ0) is 25.2. The van der Waals surface area contributed by atoms with Gasteiger partial charge in [-0.25, -0.2) is 4.79 Å². The number of ether oxygens (including phenoxy) is 1. The predicted octanol–water partition coefficient (Wildman–Crippen LogP) is 3.88. The van der Waals surface area contributed by atoms with Crippen molar-refractivity contribution in [1.29, 1.82) is 0 Å². The van der Waals surface area contributed by atoms with Crippen LogP contribution in [0.25, 0.3) is 11.1 Å². The largest absolute Gasteiger partial charge is 0.481 e. The van der Waals surface area contributed by atoms with Gasteiger partial charge >= 0.3 is 12.1 Å². The molecule has 2 atom stereocenters. The molecule has 1 fully saturated rings. The fraction of sp³-hybridized carbons (Fsp3) is 0.393. The second-order valence-corrected chi connectivity index (χ2v) is 9.56. The number of fused-ring (bicyclic) bond motifs is 3. The molecule has 182 valence electrons. The van der Waals surface area contributed by atoms with Gasteiger partial charge in [-0.3, -0.25) is 9.59 Å². The van der Waals surface area contributed by atoms with Crippen LogP contribution in [0.15, 0.2) is 48.5 Å². The molecule has 1 aliphatic heterocycles. The molecule has 4 rings (SSSR count). The lowest BCUT2D eigenvalue weighted by atomic mass is 9.76. The zero-order valence-electron chi connectivity index (χ0n) is 20.0. The highest BCUT2D eigenvalue weighted by Gasteiger charge is 2.49. The molecule has 1 aliphatic carbocycles. The minimum Gasteiger partial charge on any atom is -0.481 e. The van der Waals surface area contributed by atoms with E-state index < -0.39 is 23.5 Å². The Balaban J connectivity index is 1.42. The normalized spacial score (nSPS) is 19.5. The molecular weight excluding hydrogens is 444 g/mol. The molecule has 2 unspecified atom stereocenters. The van der Waals surface area contributed by atoms with Gasteiger partial charge in [-0.1, -0.05) is 62.4 Å². The van der Waals surface area contributed by atoms with Crippen molar-refractivity contribution >= 4 is 18.0 Å². The molecule has 0 spiro atoms. The van der Waals surface area contributed by atoms with Crippen LogP contribution in [-0.4, -0.2) is 53.7 Å². The van der Waals surface area contributed by atoms with Crippen LogP contribution in [0.2, 0.25) is 0 Å². The van der Waals surface area contributed by atoms with Crippen LogP contribution in [0.4, 0.5) is 4.79 Å². The smallest absolute Gasteiger partial charge is 0.407 e. The van der Waals surface area contributed by atoms with Gasteiger partial charge in [0.1, 0.15) is 12.6 Å². The number of carbonyl (C=O) groups excluding carboxylic acids is 2. The van der Waals surface area contributed by atoms with Crippen LogP contribution >= 0.6 is 0 Å². The number of nitrogens with one attached hydrogen (secondary N) is 1. The number of amides is 2. The second-order valence-electron chi connectivity index (χ2n) is 9.56. The number of rotatable bonds is 7. The third-order valence-electron chi connectivity index (χ3n) is 7.40. The molecule has 7 nitrogen and oxygen atoms in total. The highest BCUT2D eigenvalue weighted by molar-refractivity contribution is 5.87. The van der Waals surface area contributed by atoms with Crippen molar-refractivity contribution in [2.45, 2.75) is 38.6 Å². The summed E-state index contributed by atoms with van der Waals surface area (Å²) in [5.74, 6) is 0.887. The van der Waals surface area contributed by atoms with Gasteiger partial charge in [0, 0.05) is 25.4 Å². The monoisotopic (exact) mass is 474 g/mol. The number of carboxylic acid groups (broad SMARTS) is 1. The Morgan fingerprint density at radius 3 is 2.26 bits per heavy atom. The average Bonchev–Trinajstić information content (AvgIpc) is 3.43. The molecule has 2 aromatic carbocycles. The third-order valence-corrected chi connectivity index (χ3v) is 7.40. The number of hydrogen-bond acceptors (Lipinski definition) is 4. The molecule has 2 aliphatic rings. The van der Waals surface area contributed by atoms with Gasteiger partial charge < -0.3 is 20.1 Å². The Bertz CT molecular complexity index is 1140. The van der Waals surface area contributed by atoms with Crippen molar-refractivity contribution in [2.75, 3.05) is 19.7 Å². The lowest BCUT2D eigenvalue weighted by molar-refractivity contribution is -0.151. The summed E-state index contributed by atoms with van der Waals surface area (Å²) in [5.41, 5.74) is 3.43. The van der Waals surface area contributed by atoms with Crippen molar-refractivity contribution in [2.24, 2.45) is 11.3 Å². The first-order valence-corrected chi connectivity index (χ1v) is 11.9. The number of likely N-dealkylation sites (tertiary alicyclic amines) is 1. The van der Waals surface area contributed by atoms with Crippen molar-refractivity contribution in [3.63, 3.8) is 0 Å². The highest BCUT2D eigenvalue weighted by atomic mass is 16.5. The maximum atomic E-state index is 13.2. The van der Waals surface area contributed by atoms with Gasteiger partial charge in [0.05, 0.1) is 5.41 Å². The minimum atomic E-state index is -1.000. The van der Waals surface area contributed by atoms with Crippen LogP contribution in [0.1, 0.15) is 43.7 Å². The summed E-state index contributed by atoms with van der Waals surface area (Å²) in [5, 5.41) is 12.4. The number of alkyl carbamates (subject to hydrolysis) is 1. The van der Waals surface area contributed by atoms with Crippen LogP contribution in [-0.2, 0) is 14.3 Å². The molecule has 2 N–H and O–H groups in total. The first-order valence-electron chi connectivity index (χ1n) is 11.9. The summed E-state index contributed by atoms with van der Waals surface area (Å²) in [6.07, 6.45) is 5.08. The molecular formula is C28H30N2O5. The van der Waals surface area contributed by atoms with E-state index in [1.165, 1.54) is 4.90 Å². The minimum absolute atomic E-state index is 0.0126. The Kier molecular flexibility index (Phi) is 6.83. The summed E-state index contributed by atoms with van der Waals surface area (Å²) in [6.45, 7) is 4.20. The van der Waals surface area contributed by atoms with Crippen LogP contribution < -0.4 is 5.32 Å². The fourth-order valence-corrected chi connectivity index (χ4v) is 5.23. The predicted molar refractivity (Wildman–Crippen MR) is 132 cm³/mol. The maximum Gasteiger partial charge on any atom is 0.407 e. The summed E-state index contributed by atoms with van der Waals surface area (Å²) in [7, 11) is 0. The van der Waals surface area contributed by atoms with Crippen molar-refractivity contribution in [1.82, 2.24) is 10.2 Å². The first-order chi connectivity index (χ1) is 16.8. The number of aliphatic carboxylic acids is 1. The average molecular weight is 475 g/mol. The summed E-state index contributed by atoms with van der Waals surface area (Å²) >= 11 is 0. The zero-order valence-corrected chi connectivity index (χ0v) is 20.0. The molecule has 0 radical (unpaired) electrons. The number of carbonyl (C=O) groups is 3. The van der Waals surface area contributed by atoms with E-state index in [0.717, 1.165) is 22.3 Å². The van der Waals surface area contributed by atoms with Gasteiger partial charge in [0.2, 0.25) is 5.91 Å². The topological polar surface area (TPSA) is 95.9 Å². The highest BCUT2D eigenvalue weighted by Crippen LogP contribution is 2.44. The van der Waals surface area contributed by atoms with E-state index >= 15 is 0 Å². The van der Waals surface area contributed by atoms with E-state index in [2.05, 4.69) is 23.4 Å². The molecule has 1 heterocycles. The van der Waals surface area contributed by atoms with Crippen molar-refractivity contribution < 1.29 is 24.2 Å². The molecule has 2 amide bonds. The number of hydrogen-bond donors (Lipinski definition) is 2. The van der Waals surface area contributed by atoms with Gasteiger partial charge in [-0.15, -0.1) is 12.3 Å². The Morgan fingerprint density at radius 1 is 1.14 bits per heavy atom. The van der Waals surface area contributed by atoms with E-state index in [0.29, 0.717) is 13.0 Å². The lowest BCUT2D eigenvalue weighted by Crippen LogP contribution is -2.49. The number of carboxylic acids is 1. The van der Waals surface area contributed by atoms with Crippen LogP contribution in [0.3, 0.4) is 0 Å². The van der Waals surface area contributed by atoms with Gasteiger partial charge in [-0.05, 0) is 34.6 Å². The molecule has 0 saturated carbocycles. The van der Waals surface area contributed by atoms with Crippen molar-refractivity contribution in [3.8, 4) is 23.5 Å².